The monoisotopic (exact) mass is 191 g/mol. The topological polar surface area (TPSA) is 32.6 Å². The molecule has 0 aliphatic heterocycles. The number of hydrogen-bond acceptors (Lipinski definition) is 2. The Morgan fingerprint density at radius 1 is 1.29 bits per heavy atom. The molecule has 2 nitrogen and oxygen atoms in total. The highest BCUT2D eigenvalue weighted by molar-refractivity contribution is 5.83. The van der Waals surface area contributed by atoms with Crippen LogP contribution >= 0.6 is 0 Å². The number of nitrogens with zero attached hydrogens (tertiary/aromatic N) is 1. The highest BCUT2D eigenvalue weighted by Crippen LogP contribution is 2.13. The summed E-state index contributed by atoms with van der Waals surface area (Å²) in [5.41, 5.74) is 0.791. The first-order valence-corrected chi connectivity index (χ1v) is 5.09. The van der Waals surface area contributed by atoms with Gasteiger partial charge in [0.25, 0.3) is 0 Å². The number of rotatable bonds is 4. The van der Waals surface area contributed by atoms with E-state index >= 15 is 0 Å². The predicted octanol–water partition coefficient (Wildman–Crippen LogP) is 3.00. The second-order valence-corrected chi connectivity index (χ2v) is 3.31. The van der Waals surface area contributed by atoms with E-state index in [1.807, 2.05) is 18.2 Å². The molecule has 0 aliphatic carbocycles. The van der Waals surface area contributed by atoms with Crippen LogP contribution in [-0.4, -0.2) is 17.4 Å². The van der Waals surface area contributed by atoms with Crippen molar-refractivity contribution < 1.29 is 5.11 Å². The van der Waals surface area contributed by atoms with E-state index in [1.54, 1.807) is 12.3 Å². The molecule has 0 radical (unpaired) electrons. The van der Waals surface area contributed by atoms with Crippen molar-refractivity contribution in [2.45, 2.75) is 32.7 Å². The van der Waals surface area contributed by atoms with Crippen LogP contribution in [0.25, 0.3) is 0 Å². The van der Waals surface area contributed by atoms with E-state index in [-0.39, 0.29) is 0 Å². The van der Waals surface area contributed by atoms with Crippen molar-refractivity contribution >= 4 is 6.21 Å². The fraction of sp³-hybridized carbons (Fsp3) is 0.417. The zero-order valence-corrected chi connectivity index (χ0v) is 8.77. The fourth-order valence-electron chi connectivity index (χ4n) is 1.28. The van der Waals surface area contributed by atoms with E-state index < -0.39 is 0 Å². The fourth-order valence-corrected chi connectivity index (χ4v) is 1.28. The molecule has 0 bridgehead atoms. The van der Waals surface area contributed by atoms with Crippen molar-refractivity contribution in [2.75, 3.05) is 0 Å². The molecule has 0 aliphatic rings. The summed E-state index contributed by atoms with van der Waals surface area (Å²) in [4.78, 5) is 4.41. The molecule has 76 valence electrons. The van der Waals surface area contributed by atoms with Crippen molar-refractivity contribution in [3.05, 3.63) is 29.8 Å². The van der Waals surface area contributed by atoms with Gasteiger partial charge >= 0.3 is 0 Å². The molecule has 1 aromatic rings. The first-order valence-electron chi connectivity index (χ1n) is 5.09. The van der Waals surface area contributed by atoms with Crippen LogP contribution in [0.2, 0.25) is 0 Å². The number of phenols is 1. The Morgan fingerprint density at radius 3 is 2.50 bits per heavy atom. The van der Waals surface area contributed by atoms with E-state index in [1.165, 1.54) is 0 Å². The van der Waals surface area contributed by atoms with Gasteiger partial charge in [-0.05, 0) is 25.0 Å². The van der Waals surface area contributed by atoms with Crippen LogP contribution in [0.3, 0.4) is 0 Å². The van der Waals surface area contributed by atoms with E-state index in [4.69, 9.17) is 0 Å². The molecule has 0 spiro atoms. The van der Waals surface area contributed by atoms with Gasteiger partial charge in [0.15, 0.2) is 0 Å². The number of aliphatic imine (C=N–C) groups is 1. The Morgan fingerprint density at radius 2 is 1.93 bits per heavy atom. The van der Waals surface area contributed by atoms with E-state index in [9.17, 15) is 5.11 Å². The van der Waals surface area contributed by atoms with Crippen molar-refractivity contribution in [3.63, 3.8) is 0 Å². The number of hydrogen-bond donors (Lipinski definition) is 1. The lowest BCUT2D eigenvalue weighted by molar-refractivity contribution is 0.474. The second-order valence-electron chi connectivity index (χ2n) is 3.31. The van der Waals surface area contributed by atoms with Gasteiger partial charge in [-0.3, -0.25) is 4.99 Å². The van der Waals surface area contributed by atoms with Crippen LogP contribution in [0.15, 0.2) is 29.3 Å². The summed E-state index contributed by atoms with van der Waals surface area (Å²) < 4.78 is 0. The summed E-state index contributed by atoms with van der Waals surface area (Å²) >= 11 is 0. The van der Waals surface area contributed by atoms with E-state index in [0.717, 1.165) is 18.4 Å². The Hall–Kier alpha value is -1.31. The third-order valence-electron chi connectivity index (χ3n) is 2.30. The molecule has 1 aromatic carbocycles. The van der Waals surface area contributed by atoms with Crippen molar-refractivity contribution in [3.8, 4) is 5.75 Å². The number of para-hydroxylation sites is 1. The Bertz CT molecular complexity index is 303. The zero-order chi connectivity index (χ0) is 10.4. The summed E-state index contributed by atoms with van der Waals surface area (Å²) in [6.07, 6.45) is 3.84. The predicted molar refractivity (Wildman–Crippen MR) is 60.1 cm³/mol. The molecule has 1 N–H and O–H groups in total. The molecule has 2 heteroatoms. The standard InChI is InChI=1S/C12H17NO/c1-3-11(4-2)13-9-10-7-5-6-8-12(10)14/h5-9,11,14H,3-4H2,1-2H3. The highest BCUT2D eigenvalue weighted by atomic mass is 16.3. The smallest absolute Gasteiger partial charge is 0.124 e. The zero-order valence-electron chi connectivity index (χ0n) is 8.77. The lowest BCUT2D eigenvalue weighted by Gasteiger charge is -2.05. The summed E-state index contributed by atoms with van der Waals surface area (Å²) in [7, 11) is 0. The molecule has 0 unspecified atom stereocenters. The number of benzene rings is 1. The van der Waals surface area contributed by atoms with Crippen molar-refractivity contribution in [1.82, 2.24) is 0 Å². The van der Waals surface area contributed by atoms with Crippen LogP contribution in [-0.2, 0) is 0 Å². The minimum atomic E-state index is 0.294. The molecule has 0 saturated heterocycles. The molecule has 0 amide bonds. The van der Waals surface area contributed by atoms with Crippen LogP contribution in [0, 0.1) is 0 Å². The van der Waals surface area contributed by atoms with Gasteiger partial charge in [-0.1, -0.05) is 26.0 Å². The lowest BCUT2D eigenvalue weighted by Crippen LogP contribution is -2.00. The van der Waals surface area contributed by atoms with Crippen LogP contribution in [0.5, 0.6) is 5.75 Å². The molecule has 0 atom stereocenters. The summed E-state index contributed by atoms with van der Waals surface area (Å²) in [6, 6.07) is 7.61. The maximum Gasteiger partial charge on any atom is 0.124 e. The molecule has 0 heterocycles. The highest BCUT2D eigenvalue weighted by Gasteiger charge is 1.99. The average molecular weight is 191 g/mol. The molecule has 0 saturated carbocycles. The maximum absolute atomic E-state index is 9.48. The Balaban J connectivity index is 2.72. The summed E-state index contributed by atoms with van der Waals surface area (Å²) in [5, 5.41) is 9.48. The number of aromatic hydroxyl groups is 1. The molecule has 0 fully saturated rings. The molecule has 14 heavy (non-hydrogen) atoms. The Kier molecular flexibility index (Phi) is 4.17. The first-order chi connectivity index (χ1) is 6.77. The van der Waals surface area contributed by atoms with E-state index in [0.29, 0.717) is 11.8 Å². The quantitative estimate of drug-likeness (QED) is 0.729. The minimum absolute atomic E-state index is 0.294. The van der Waals surface area contributed by atoms with Gasteiger partial charge < -0.3 is 5.11 Å². The van der Waals surface area contributed by atoms with Gasteiger partial charge in [0.1, 0.15) is 5.75 Å². The molecule has 0 aromatic heterocycles. The molecule has 1 rings (SSSR count). The largest absolute Gasteiger partial charge is 0.507 e. The SMILES string of the molecule is CCC(CC)N=Cc1ccccc1O. The molecular weight excluding hydrogens is 174 g/mol. The first kappa shape index (κ1) is 10.8. The maximum atomic E-state index is 9.48. The number of phenolic OH excluding ortho intramolecular Hbond substituents is 1. The van der Waals surface area contributed by atoms with Gasteiger partial charge in [-0.2, -0.15) is 0 Å². The van der Waals surface area contributed by atoms with E-state index in [2.05, 4.69) is 18.8 Å². The van der Waals surface area contributed by atoms with Crippen LogP contribution in [0.4, 0.5) is 0 Å². The van der Waals surface area contributed by atoms with Gasteiger partial charge in [0.05, 0.1) is 0 Å². The van der Waals surface area contributed by atoms with Crippen molar-refractivity contribution in [2.24, 2.45) is 4.99 Å². The van der Waals surface area contributed by atoms with Gasteiger partial charge in [0, 0.05) is 17.8 Å². The minimum Gasteiger partial charge on any atom is -0.507 e. The summed E-state index contributed by atoms with van der Waals surface area (Å²) in [5.74, 6) is 0.294. The third kappa shape index (κ3) is 2.87. The normalized spacial score (nSPS) is 11.4. The van der Waals surface area contributed by atoms with Gasteiger partial charge in [0.2, 0.25) is 0 Å². The Labute approximate surface area is 85.3 Å². The van der Waals surface area contributed by atoms with Crippen LogP contribution in [0.1, 0.15) is 32.3 Å². The summed E-state index contributed by atoms with van der Waals surface area (Å²) in [6.45, 7) is 4.24. The van der Waals surface area contributed by atoms with Crippen LogP contribution < -0.4 is 0 Å². The van der Waals surface area contributed by atoms with Gasteiger partial charge in [-0.25, -0.2) is 0 Å². The van der Waals surface area contributed by atoms with Crippen molar-refractivity contribution in [1.29, 1.82) is 0 Å². The lowest BCUT2D eigenvalue weighted by atomic mass is 10.2. The second kappa shape index (κ2) is 5.43. The third-order valence-corrected chi connectivity index (χ3v) is 2.30. The van der Waals surface area contributed by atoms with Gasteiger partial charge in [-0.15, -0.1) is 0 Å². The molecular formula is C12H17NO. The average Bonchev–Trinajstić information content (AvgIpc) is 2.22.